The van der Waals surface area contributed by atoms with E-state index in [2.05, 4.69) is 15.2 Å². The minimum atomic E-state index is -0.607. The van der Waals surface area contributed by atoms with Gasteiger partial charge in [-0.1, -0.05) is 19.3 Å². The van der Waals surface area contributed by atoms with Gasteiger partial charge in [-0.25, -0.2) is 9.97 Å². The number of likely N-dealkylation sites (tertiary alicyclic amines) is 1. The lowest BCUT2D eigenvalue weighted by atomic mass is 9.77. The molecule has 1 saturated heterocycles. The number of methoxy groups -OCH3 is 1. The van der Waals surface area contributed by atoms with Crippen LogP contribution in [0, 0.1) is 5.92 Å². The number of aromatic nitrogens is 2. The molecule has 1 amide bonds. The number of nitrogens with one attached hydrogen (secondary N) is 1. The van der Waals surface area contributed by atoms with Crippen molar-refractivity contribution in [3.63, 3.8) is 0 Å². The van der Waals surface area contributed by atoms with Crippen LogP contribution >= 0.6 is 0 Å². The molecule has 2 aromatic rings. The molecular weight excluding hydrogens is 426 g/mol. The maximum Gasteiger partial charge on any atom is 0.240 e. The van der Waals surface area contributed by atoms with Gasteiger partial charge in [0, 0.05) is 36.6 Å². The van der Waals surface area contributed by atoms with Gasteiger partial charge < -0.3 is 15.0 Å². The van der Waals surface area contributed by atoms with Crippen LogP contribution in [0.15, 0.2) is 30.5 Å². The van der Waals surface area contributed by atoms with Gasteiger partial charge in [-0.3, -0.25) is 9.69 Å². The first kappa shape index (κ1) is 21.8. The van der Waals surface area contributed by atoms with Crippen LogP contribution in [0.25, 0.3) is 0 Å². The zero-order valence-electron chi connectivity index (χ0n) is 20.1. The Kier molecular flexibility index (Phi) is 5.68. The van der Waals surface area contributed by atoms with Crippen molar-refractivity contribution in [2.24, 2.45) is 5.92 Å². The molecule has 34 heavy (non-hydrogen) atoms. The van der Waals surface area contributed by atoms with E-state index in [4.69, 9.17) is 9.72 Å². The fraction of sp³-hybridized carbons (Fsp3) is 0.593. The monoisotopic (exact) mass is 461 g/mol. The number of hydrogen-bond donors (Lipinski definition) is 1. The molecule has 2 saturated carbocycles. The van der Waals surface area contributed by atoms with Gasteiger partial charge in [0.2, 0.25) is 11.9 Å². The van der Waals surface area contributed by atoms with Gasteiger partial charge in [-0.2, -0.15) is 0 Å². The van der Waals surface area contributed by atoms with Crippen molar-refractivity contribution in [2.75, 3.05) is 37.0 Å². The smallest absolute Gasteiger partial charge is 0.240 e. The maximum atomic E-state index is 14.3. The third-order valence-corrected chi connectivity index (χ3v) is 8.32. The number of fused-ring (bicyclic) bond motifs is 2. The van der Waals surface area contributed by atoms with E-state index in [0.29, 0.717) is 18.5 Å². The third-order valence-electron chi connectivity index (χ3n) is 8.32. The molecule has 0 bridgehead atoms. The van der Waals surface area contributed by atoms with E-state index in [1.54, 1.807) is 7.11 Å². The highest BCUT2D eigenvalue weighted by Crippen LogP contribution is 2.44. The van der Waals surface area contributed by atoms with Gasteiger partial charge in [-0.05, 0) is 68.8 Å². The summed E-state index contributed by atoms with van der Waals surface area (Å²) in [5.41, 5.74) is 2.32. The van der Waals surface area contributed by atoms with Gasteiger partial charge in [0.05, 0.1) is 19.3 Å². The summed E-state index contributed by atoms with van der Waals surface area (Å²) in [4.78, 5) is 28.4. The molecule has 3 fully saturated rings. The van der Waals surface area contributed by atoms with Crippen molar-refractivity contribution in [3.05, 3.63) is 41.7 Å². The van der Waals surface area contributed by atoms with Crippen LogP contribution < -0.4 is 15.0 Å². The molecule has 2 aliphatic carbocycles. The standard InChI is InChI=1S/C27H35N5O2/c1-34-23-11-9-22(10-12-23)32-17-20-16-29-26(28-15-19-7-8-19)30-24(20)27(25(32)33)13-14-31(18-27)21-5-3-2-4-6-21/h9-12,16,19,21H,2-8,13-15,17-18H2,1H3,(H,28,29,30). The van der Waals surface area contributed by atoms with Crippen molar-refractivity contribution in [3.8, 4) is 5.75 Å². The predicted octanol–water partition coefficient (Wildman–Crippen LogP) is 4.13. The molecule has 6 rings (SSSR count). The SMILES string of the molecule is COc1ccc(N2Cc3cnc(NCC4CC4)nc3C3(CCN(C4CCCCC4)C3)C2=O)cc1. The zero-order chi connectivity index (χ0) is 23.1. The minimum Gasteiger partial charge on any atom is -0.497 e. The Hall–Kier alpha value is -2.67. The summed E-state index contributed by atoms with van der Waals surface area (Å²) in [5.74, 6) is 2.39. The highest BCUT2D eigenvalue weighted by atomic mass is 16.5. The molecule has 7 heteroatoms. The molecule has 180 valence electrons. The summed E-state index contributed by atoms with van der Waals surface area (Å²) in [6, 6.07) is 8.41. The largest absolute Gasteiger partial charge is 0.497 e. The fourth-order valence-corrected chi connectivity index (χ4v) is 6.12. The molecule has 1 spiro atoms. The van der Waals surface area contributed by atoms with Crippen molar-refractivity contribution in [1.82, 2.24) is 14.9 Å². The Bertz CT molecular complexity index is 1050. The highest BCUT2D eigenvalue weighted by Gasteiger charge is 2.54. The number of anilines is 2. The predicted molar refractivity (Wildman–Crippen MR) is 132 cm³/mol. The second kappa shape index (κ2) is 8.84. The summed E-state index contributed by atoms with van der Waals surface area (Å²) >= 11 is 0. The first-order chi connectivity index (χ1) is 16.7. The number of ether oxygens (including phenoxy) is 1. The molecule has 1 aromatic carbocycles. The van der Waals surface area contributed by atoms with Crippen LogP contribution in [-0.2, 0) is 16.8 Å². The van der Waals surface area contributed by atoms with E-state index < -0.39 is 5.41 Å². The Morgan fingerprint density at radius 1 is 1.12 bits per heavy atom. The van der Waals surface area contributed by atoms with Gasteiger partial charge in [-0.15, -0.1) is 0 Å². The Labute approximate surface area is 201 Å². The first-order valence-corrected chi connectivity index (χ1v) is 13.0. The second-order valence-corrected chi connectivity index (χ2v) is 10.6. The molecule has 1 N–H and O–H groups in total. The number of rotatable bonds is 6. The molecule has 4 aliphatic rings. The highest BCUT2D eigenvalue weighted by molar-refractivity contribution is 6.03. The quantitative estimate of drug-likeness (QED) is 0.698. The molecule has 0 radical (unpaired) electrons. The Morgan fingerprint density at radius 3 is 2.65 bits per heavy atom. The lowest BCUT2D eigenvalue weighted by molar-refractivity contribution is -0.124. The molecule has 1 unspecified atom stereocenters. The molecule has 3 heterocycles. The van der Waals surface area contributed by atoms with Gasteiger partial charge in [0.15, 0.2) is 0 Å². The first-order valence-electron chi connectivity index (χ1n) is 13.0. The van der Waals surface area contributed by atoms with E-state index >= 15 is 0 Å². The number of nitrogens with zero attached hydrogens (tertiary/aromatic N) is 4. The van der Waals surface area contributed by atoms with Crippen LogP contribution in [0.2, 0.25) is 0 Å². The van der Waals surface area contributed by atoms with Crippen LogP contribution in [0.5, 0.6) is 5.75 Å². The van der Waals surface area contributed by atoms with Gasteiger partial charge >= 0.3 is 0 Å². The maximum absolute atomic E-state index is 14.3. The summed E-state index contributed by atoms with van der Waals surface area (Å²) in [5, 5.41) is 3.43. The lowest BCUT2D eigenvalue weighted by Gasteiger charge is -2.41. The molecule has 2 aliphatic heterocycles. The minimum absolute atomic E-state index is 0.176. The number of benzene rings is 1. The summed E-state index contributed by atoms with van der Waals surface area (Å²) in [6.07, 6.45) is 11.8. The molecular formula is C27H35N5O2. The van der Waals surface area contributed by atoms with Crippen LogP contribution in [0.1, 0.15) is 62.6 Å². The van der Waals surface area contributed by atoms with E-state index in [1.165, 1.54) is 44.9 Å². The molecule has 1 atom stereocenters. The Balaban J connectivity index is 1.35. The summed E-state index contributed by atoms with van der Waals surface area (Å²) in [6.45, 7) is 3.15. The zero-order valence-corrected chi connectivity index (χ0v) is 20.1. The number of carbonyl (C=O) groups is 1. The average molecular weight is 462 g/mol. The summed E-state index contributed by atoms with van der Waals surface area (Å²) < 4.78 is 5.33. The van der Waals surface area contributed by atoms with Crippen LogP contribution in [0.3, 0.4) is 0 Å². The van der Waals surface area contributed by atoms with E-state index in [1.807, 2.05) is 35.4 Å². The summed E-state index contributed by atoms with van der Waals surface area (Å²) in [7, 11) is 1.66. The van der Waals surface area contributed by atoms with Crippen LogP contribution in [0.4, 0.5) is 11.6 Å². The van der Waals surface area contributed by atoms with Crippen molar-refractivity contribution in [2.45, 2.75) is 69.4 Å². The fourth-order valence-electron chi connectivity index (χ4n) is 6.12. The van der Waals surface area contributed by atoms with Gasteiger partial charge in [0.25, 0.3) is 0 Å². The van der Waals surface area contributed by atoms with E-state index in [-0.39, 0.29) is 5.91 Å². The van der Waals surface area contributed by atoms with Crippen molar-refractivity contribution in [1.29, 1.82) is 0 Å². The third kappa shape index (κ3) is 3.94. The second-order valence-electron chi connectivity index (χ2n) is 10.6. The van der Waals surface area contributed by atoms with E-state index in [0.717, 1.165) is 54.7 Å². The number of hydrogen-bond acceptors (Lipinski definition) is 6. The molecule has 1 aromatic heterocycles. The number of amides is 1. The Morgan fingerprint density at radius 2 is 1.91 bits per heavy atom. The lowest BCUT2D eigenvalue weighted by Crippen LogP contribution is -2.54. The van der Waals surface area contributed by atoms with Crippen molar-refractivity contribution < 1.29 is 9.53 Å². The molecule has 7 nitrogen and oxygen atoms in total. The average Bonchev–Trinajstić information content (AvgIpc) is 3.62. The van der Waals surface area contributed by atoms with Crippen LogP contribution in [-0.4, -0.2) is 53.6 Å². The topological polar surface area (TPSA) is 70.6 Å². The van der Waals surface area contributed by atoms with Gasteiger partial charge in [0.1, 0.15) is 11.2 Å². The van der Waals surface area contributed by atoms with E-state index in [9.17, 15) is 4.79 Å². The van der Waals surface area contributed by atoms with Crippen molar-refractivity contribution >= 4 is 17.5 Å². The number of carbonyl (C=O) groups excluding carboxylic acids is 1. The normalized spacial score (nSPS) is 25.6.